The number of amides is 1. The Morgan fingerprint density at radius 3 is 2.58 bits per heavy atom. The Hall–Kier alpha value is -2.04. The second-order valence-electron chi connectivity index (χ2n) is 6.98. The number of carbonyl (C=O) groups excluding carboxylic acids is 2. The van der Waals surface area contributed by atoms with E-state index in [1.165, 1.54) is 30.3 Å². The molecule has 1 N–H and O–H groups in total. The van der Waals surface area contributed by atoms with Gasteiger partial charge in [-0.05, 0) is 57.2 Å². The fourth-order valence-electron chi connectivity index (χ4n) is 2.74. The van der Waals surface area contributed by atoms with Gasteiger partial charge in [0.2, 0.25) is 0 Å². The van der Waals surface area contributed by atoms with Crippen LogP contribution in [-0.2, 0) is 14.3 Å². The lowest BCUT2D eigenvalue weighted by atomic mass is 10.2. The van der Waals surface area contributed by atoms with Gasteiger partial charge in [0.05, 0.1) is 0 Å². The molecule has 0 spiro atoms. The van der Waals surface area contributed by atoms with Gasteiger partial charge in [0.15, 0.2) is 6.10 Å². The van der Waals surface area contributed by atoms with Gasteiger partial charge >= 0.3 is 5.97 Å². The first kappa shape index (κ1) is 18.3. The number of aromatic nitrogens is 1. The molecule has 0 aliphatic heterocycles. The van der Waals surface area contributed by atoms with Crippen molar-refractivity contribution in [2.75, 3.05) is 6.54 Å². The van der Waals surface area contributed by atoms with E-state index in [0.29, 0.717) is 18.5 Å². The highest BCUT2D eigenvalue weighted by atomic mass is 16.5. The highest BCUT2D eigenvalue weighted by Gasteiger charge is 2.26. The number of hydrogen-bond acceptors (Lipinski definition) is 3. The zero-order chi connectivity index (χ0) is 17.9. The number of rotatable bonds is 7. The lowest BCUT2D eigenvalue weighted by Crippen LogP contribution is -2.37. The minimum atomic E-state index is -0.792. The van der Waals surface area contributed by atoms with Crippen LogP contribution in [0.2, 0.25) is 0 Å². The van der Waals surface area contributed by atoms with Crippen LogP contribution in [0.1, 0.15) is 56.6 Å². The Labute approximate surface area is 144 Å². The number of carbonyl (C=O) groups is 2. The third-order valence-electron chi connectivity index (χ3n) is 4.18. The summed E-state index contributed by atoms with van der Waals surface area (Å²) >= 11 is 0. The van der Waals surface area contributed by atoms with E-state index in [9.17, 15) is 9.59 Å². The molecule has 132 valence electrons. The van der Waals surface area contributed by atoms with Crippen molar-refractivity contribution in [3.63, 3.8) is 0 Å². The van der Waals surface area contributed by atoms with Crippen molar-refractivity contribution in [1.82, 2.24) is 9.88 Å². The first-order valence-electron chi connectivity index (χ1n) is 8.64. The highest BCUT2D eigenvalue weighted by molar-refractivity contribution is 5.90. The van der Waals surface area contributed by atoms with Gasteiger partial charge in [0.1, 0.15) is 0 Å². The van der Waals surface area contributed by atoms with Gasteiger partial charge in [-0.15, -0.1) is 0 Å². The standard InChI is InChI=1S/C19H28N2O3/c1-12(2)11-20-19(23)15(5)24-18(22)9-6-16-10-13(3)21(14(16)4)17-7-8-17/h6,9-10,12,15,17H,7-8,11H2,1-5H3,(H,20,23)/b9-6+/t15-/m0/s1. The van der Waals surface area contributed by atoms with Gasteiger partial charge in [-0.1, -0.05) is 13.8 Å². The summed E-state index contributed by atoms with van der Waals surface area (Å²) in [6, 6.07) is 2.69. The normalized spacial score (nSPS) is 15.8. The first-order valence-corrected chi connectivity index (χ1v) is 8.64. The van der Waals surface area contributed by atoms with Crippen molar-refractivity contribution < 1.29 is 14.3 Å². The molecule has 1 aliphatic rings. The summed E-state index contributed by atoms with van der Waals surface area (Å²) in [4.78, 5) is 23.7. The van der Waals surface area contributed by atoms with E-state index in [-0.39, 0.29) is 5.91 Å². The molecule has 5 heteroatoms. The summed E-state index contributed by atoms with van der Waals surface area (Å²) in [5.41, 5.74) is 3.40. The molecule has 5 nitrogen and oxygen atoms in total. The molecule has 0 bridgehead atoms. The van der Waals surface area contributed by atoms with Crippen LogP contribution in [0.25, 0.3) is 6.08 Å². The molecule has 0 saturated heterocycles. The van der Waals surface area contributed by atoms with E-state index < -0.39 is 12.1 Å². The van der Waals surface area contributed by atoms with Crippen molar-refractivity contribution in [2.24, 2.45) is 5.92 Å². The fourth-order valence-corrected chi connectivity index (χ4v) is 2.74. The molecule has 1 aromatic heterocycles. The lowest BCUT2D eigenvalue weighted by molar-refractivity contribution is -0.150. The van der Waals surface area contributed by atoms with Gasteiger partial charge in [-0.3, -0.25) is 4.79 Å². The van der Waals surface area contributed by atoms with E-state index in [1.807, 2.05) is 13.8 Å². The third kappa shape index (κ3) is 4.73. The maximum Gasteiger partial charge on any atom is 0.331 e. The van der Waals surface area contributed by atoms with Crippen LogP contribution in [0.3, 0.4) is 0 Å². The molecule has 2 rings (SSSR count). The summed E-state index contributed by atoms with van der Waals surface area (Å²) in [6.07, 6.45) is 4.82. The molecule has 1 aliphatic carbocycles. The van der Waals surface area contributed by atoms with Crippen molar-refractivity contribution >= 4 is 18.0 Å². The van der Waals surface area contributed by atoms with Crippen LogP contribution in [0.4, 0.5) is 0 Å². The molecular weight excluding hydrogens is 304 g/mol. The molecule has 1 atom stereocenters. The van der Waals surface area contributed by atoms with Crippen molar-refractivity contribution in [3.8, 4) is 0 Å². The molecule has 24 heavy (non-hydrogen) atoms. The minimum absolute atomic E-state index is 0.266. The van der Waals surface area contributed by atoms with Gasteiger partial charge in [-0.25, -0.2) is 4.79 Å². The molecule has 1 aromatic rings. The van der Waals surface area contributed by atoms with Crippen molar-refractivity contribution in [2.45, 2.75) is 59.6 Å². The molecule has 1 fully saturated rings. The summed E-state index contributed by atoms with van der Waals surface area (Å²) in [6.45, 7) is 10.3. The third-order valence-corrected chi connectivity index (χ3v) is 4.18. The summed E-state index contributed by atoms with van der Waals surface area (Å²) in [5, 5.41) is 2.76. The van der Waals surface area contributed by atoms with Crippen molar-refractivity contribution in [3.05, 3.63) is 29.1 Å². The van der Waals surface area contributed by atoms with Crippen molar-refractivity contribution in [1.29, 1.82) is 0 Å². The molecule has 1 heterocycles. The smallest absolute Gasteiger partial charge is 0.331 e. The van der Waals surface area contributed by atoms with Gasteiger partial charge in [0.25, 0.3) is 5.91 Å². The van der Waals surface area contributed by atoms with E-state index in [2.05, 4.69) is 29.8 Å². The monoisotopic (exact) mass is 332 g/mol. The quantitative estimate of drug-likeness (QED) is 0.616. The predicted molar refractivity (Wildman–Crippen MR) is 94.6 cm³/mol. The number of ether oxygens (including phenoxy) is 1. The van der Waals surface area contributed by atoms with E-state index in [1.54, 1.807) is 13.0 Å². The Morgan fingerprint density at radius 1 is 1.33 bits per heavy atom. The molecular formula is C19H28N2O3. The number of aryl methyl sites for hydroxylation is 1. The van der Waals surface area contributed by atoms with Gasteiger partial charge in [-0.2, -0.15) is 0 Å². The zero-order valence-corrected chi connectivity index (χ0v) is 15.3. The van der Waals surface area contributed by atoms with E-state index in [4.69, 9.17) is 4.74 Å². The zero-order valence-electron chi connectivity index (χ0n) is 15.3. The van der Waals surface area contributed by atoms with Crippen LogP contribution >= 0.6 is 0 Å². The molecule has 0 unspecified atom stereocenters. The Bertz CT molecular complexity index is 639. The SMILES string of the molecule is Cc1cc(/C=C/C(=O)O[C@@H](C)C(=O)NCC(C)C)c(C)n1C1CC1. The maximum atomic E-state index is 11.9. The van der Waals surface area contributed by atoms with E-state index >= 15 is 0 Å². The van der Waals surface area contributed by atoms with E-state index in [0.717, 1.165) is 5.56 Å². The van der Waals surface area contributed by atoms with Gasteiger partial charge in [0, 0.05) is 30.1 Å². The Morgan fingerprint density at radius 2 is 2.00 bits per heavy atom. The topological polar surface area (TPSA) is 60.3 Å². The van der Waals surface area contributed by atoms with Crippen LogP contribution in [-0.4, -0.2) is 29.1 Å². The molecule has 0 radical (unpaired) electrons. The summed E-state index contributed by atoms with van der Waals surface area (Å²) in [7, 11) is 0. The Balaban J connectivity index is 1.91. The number of nitrogens with one attached hydrogen (secondary N) is 1. The average molecular weight is 332 g/mol. The minimum Gasteiger partial charge on any atom is -0.449 e. The van der Waals surface area contributed by atoms with Crippen LogP contribution in [0.15, 0.2) is 12.1 Å². The lowest BCUT2D eigenvalue weighted by Gasteiger charge is -2.13. The largest absolute Gasteiger partial charge is 0.449 e. The molecule has 1 amide bonds. The molecule has 0 aromatic carbocycles. The number of hydrogen-bond donors (Lipinski definition) is 1. The fraction of sp³-hybridized carbons (Fsp3) is 0.579. The summed E-state index contributed by atoms with van der Waals surface area (Å²) in [5.74, 6) is -0.408. The number of esters is 1. The first-order chi connectivity index (χ1) is 11.3. The predicted octanol–water partition coefficient (Wildman–Crippen LogP) is 3.16. The average Bonchev–Trinajstić information content (AvgIpc) is 3.29. The number of nitrogens with zero attached hydrogens (tertiary/aromatic N) is 1. The highest BCUT2D eigenvalue weighted by Crippen LogP contribution is 2.38. The van der Waals surface area contributed by atoms with Crippen LogP contribution in [0, 0.1) is 19.8 Å². The Kier molecular flexibility index (Phi) is 5.86. The second-order valence-corrected chi connectivity index (χ2v) is 6.98. The molecule has 1 saturated carbocycles. The second kappa shape index (κ2) is 7.69. The van der Waals surface area contributed by atoms with Gasteiger partial charge < -0.3 is 14.6 Å². The van der Waals surface area contributed by atoms with Crippen LogP contribution < -0.4 is 5.32 Å². The maximum absolute atomic E-state index is 11.9. The van der Waals surface area contributed by atoms with Crippen LogP contribution in [0.5, 0.6) is 0 Å². The summed E-state index contributed by atoms with van der Waals surface area (Å²) < 4.78 is 7.48.